The molecule has 1 rings (SSSR count). The molecule has 1 aromatic rings. The van der Waals surface area contributed by atoms with Crippen molar-refractivity contribution in [3.05, 3.63) is 35.6 Å². The topological polar surface area (TPSA) is 49.3 Å². The maximum Gasteiger partial charge on any atom is 0.303 e. The lowest BCUT2D eigenvalue weighted by Crippen LogP contribution is -2.17. The molecule has 0 fully saturated rings. The number of rotatable bonds is 8. The second-order valence-electron chi connectivity index (χ2n) is 4.63. The molecule has 1 unspecified atom stereocenters. The minimum atomic E-state index is -0.741. The van der Waals surface area contributed by atoms with Crippen LogP contribution in [-0.4, -0.2) is 17.6 Å². The second-order valence-corrected chi connectivity index (χ2v) is 4.63. The number of aliphatic carboxylic acids is 1. The molecule has 0 radical (unpaired) electrons. The van der Waals surface area contributed by atoms with E-state index in [1.165, 1.54) is 12.1 Å². The van der Waals surface area contributed by atoms with E-state index in [9.17, 15) is 9.18 Å². The molecule has 0 aliphatic heterocycles. The summed E-state index contributed by atoms with van der Waals surface area (Å²) < 4.78 is 12.9. The summed E-state index contributed by atoms with van der Waals surface area (Å²) in [5, 5.41) is 11.8. The molecule has 1 atom stereocenters. The van der Waals surface area contributed by atoms with Gasteiger partial charge in [-0.3, -0.25) is 4.79 Å². The van der Waals surface area contributed by atoms with Crippen LogP contribution < -0.4 is 5.32 Å². The molecule has 3 nitrogen and oxygen atoms in total. The molecule has 100 valence electrons. The van der Waals surface area contributed by atoms with E-state index in [-0.39, 0.29) is 12.2 Å². The Hall–Kier alpha value is -1.42. The van der Waals surface area contributed by atoms with Gasteiger partial charge in [0.2, 0.25) is 0 Å². The zero-order valence-electron chi connectivity index (χ0n) is 10.7. The molecule has 0 saturated carbocycles. The van der Waals surface area contributed by atoms with Crippen molar-refractivity contribution in [1.82, 2.24) is 5.32 Å². The summed E-state index contributed by atoms with van der Waals surface area (Å²) in [6, 6.07) is 6.52. The van der Waals surface area contributed by atoms with Gasteiger partial charge in [-0.15, -0.1) is 0 Å². The summed E-state index contributed by atoms with van der Waals surface area (Å²) in [6.07, 6.45) is 1.87. The van der Waals surface area contributed by atoms with Gasteiger partial charge in [0, 0.05) is 13.0 Å². The van der Waals surface area contributed by atoms with Crippen molar-refractivity contribution in [3.8, 4) is 0 Å². The van der Waals surface area contributed by atoms with Crippen molar-refractivity contribution >= 4 is 5.97 Å². The van der Waals surface area contributed by atoms with Gasteiger partial charge in [-0.05, 0) is 43.0 Å². The molecule has 0 amide bonds. The van der Waals surface area contributed by atoms with E-state index in [1.807, 2.05) is 13.0 Å². The fourth-order valence-corrected chi connectivity index (χ4v) is 1.74. The standard InChI is InChI=1S/C14H20FNO2/c1-11(5-6-14(17)18)7-8-16-10-12-3-2-4-13(15)9-12/h2-4,9,11,16H,5-8,10H2,1H3,(H,17,18). The smallest absolute Gasteiger partial charge is 0.303 e. The molecule has 0 spiro atoms. The van der Waals surface area contributed by atoms with Gasteiger partial charge in [-0.1, -0.05) is 19.1 Å². The Morgan fingerprint density at radius 1 is 1.44 bits per heavy atom. The Kier molecular flexibility index (Phi) is 6.36. The zero-order valence-corrected chi connectivity index (χ0v) is 10.7. The van der Waals surface area contributed by atoms with Crippen LogP contribution in [-0.2, 0) is 11.3 Å². The van der Waals surface area contributed by atoms with Crippen LogP contribution in [0.4, 0.5) is 4.39 Å². The molecule has 0 aliphatic rings. The van der Waals surface area contributed by atoms with Gasteiger partial charge in [0.15, 0.2) is 0 Å². The number of nitrogens with one attached hydrogen (secondary N) is 1. The number of carbonyl (C=O) groups is 1. The third kappa shape index (κ3) is 6.35. The second kappa shape index (κ2) is 7.82. The fraction of sp³-hybridized carbons (Fsp3) is 0.500. The predicted octanol–water partition coefficient (Wildman–Crippen LogP) is 2.81. The zero-order chi connectivity index (χ0) is 13.4. The maximum absolute atomic E-state index is 12.9. The molecule has 0 aromatic heterocycles. The minimum Gasteiger partial charge on any atom is -0.481 e. The third-order valence-corrected chi connectivity index (χ3v) is 2.88. The van der Waals surface area contributed by atoms with Crippen LogP contribution >= 0.6 is 0 Å². The average Bonchev–Trinajstić information content (AvgIpc) is 2.32. The van der Waals surface area contributed by atoms with Gasteiger partial charge in [0.1, 0.15) is 5.82 Å². The number of carboxylic acids is 1. The molecule has 0 heterocycles. The Morgan fingerprint density at radius 3 is 2.89 bits per heavy atom. The highest BCUT2D eigenvalue weighted by atomic mass is 19.1. The lowest BCUT2D eigenvalue weighted by Gasteiger charge is -2.10. The van der Waals surface area contributed by atoms with Gasteiger partial charge in [-0.25, -0.2) is 4.39 Å². The molecule has 0 bridgehead atoms. The van der Waals surface area contributed by atoms with Crippen LogP contribution in [0.15, 0.2) is 24.3 Å². The van der Waals surface area contributed by atoms with E-state index in [4.69, 9.17) is 5.11 Å². The average molecular weight is 253 g/mol. The van der Waals surface area contributed by atoms with E-state index >= 15 is 0 Å². The quantitative estimate of drug-likeness (QED) is 0.700. The minimum absolute atomic E-state index is 0.218. The van der Waals surface area contributed by atoms with Crippen molar-refractivity contribution in [1.29, 1.82) is 0 Å². The Morgan fingerprint density at radius 2 is 2.22 bits per heavy atom. The molecule has 1 aromatic carbocycles. The van der Waals surface area contributed by atoms with Crippen LogP contribution in [0.25, 0.3) is 0 Å². The molecule has 0 aliphatic carbocycles. The van der Waals surface area contributed by atoms with Gasteiger partial charge in [0.05, 0.1) is 0 Å². The number of hydrogen-bond donors (Lipinski definition) is 2. The molecular weight excluding hydrogens is 233 g/mol. The van der Waals surface area contributed by atoms with Crippen molar-refractivity contribution in [2.75, 3.05) is 6.54 Å². The number of hydrogen-bond acceptors (Lipinski definition) is 2. The van der Waals surface area contributed by atoms with Gasteiger partial charge in [-0.2, -0.15) is 0 Å². The first kappa shape index (κ1) is 14.6. The highest BCUT2D eigenvalue weighted by molar-refractivity contribution is 5.66. The number of carboxylic acid groups (broad SMARTS) is 1. The van der Waals surface area contributed by atoms with E-state index < -0.39 is 5.97 Å². The van der Waals surface area contributed by atoms with Crippen molar-refractivity contribution in [2.24, 2.45) is 5.92 Å². The lowest BCUT2D eigenvalue weighted by atomic mass is 10.0. The normalized spacial score (nSPS) is 12.3. The van der Waals surface area contributed by atoms with Crippen molar-refractivity contribution in [2.45, 2.75) is 32.7 Å². The Balaban J connectivity index is 2.13. The summed E-state index contributed by atoms with van der Waals surface area (Å²) in [5.74, 6) is -0.570. The molecule has 2 N–H and O–H groups in total. The SMILES string of the molecule is CC(CCNCc1cccc(F)c1)CCC(=O)O. The summed E-state index contributed by atoms with van der Waals surface area (Å²) in [6.45, 7) is 3.51. The van der Waals surface area contributed by atoms with Crippen LogP contribution in [0.2, 0.25) is 0 Å². The largest absolute Gasteiger partial charge is 0.481 e. The Labute approximate surface area is 107 Å². The van der Waals surface area contributed by atoms with Crippen LogP contribution in [0.5, 0.6) is 0 Å². The fourth-order valence-electron chi connectivity index (χ4n) is 1.74. The third-order valence-electron chi connectivity index (χ3n) is 2.88. The summed E-state index contributed by atoms with van der Waals surface area (Å²) in [4.78, 5) is 10.4. The van der Waals surface area contributed by atoms with Crippen LogP contribution in [0.1, 0.15) is 31.7 Å². The van der Waals surface area contributed by atoms with E-state index in [0.717, 1.165) is 18.5 Å². The highest BCUT2D eigenvalue weighted by Gasteiger charge is 2.05. The summed E-state index contributed by atoms with van der Waals surface area (Å²) >= 11 is 0. The molecular formula is C14H20FNO2. The van der Waals surface area contributed by atoms with Gasteiger partial charge >= 0.3 is 5.97 Å². The first-order valence-electron chi connectivity index (χ1n) is 6.25. The highest BCUT2D eigenvalue weighted by Crippen LogP contribution is 2.09. The maximum atomic E-state index is 12.9. The lowest BCUT2D eigenvalue weighted by molar-refractivity contribution is -0.137. The first-order chi connectivity index (χ1) is 8.58. The monoisotopic (exact) mass is 253 g/mol. The van der Waals surface area contributed by atoms with Gasteiger partial charge in [0.25, 0.3) is 0 Å². The van der Waals surface area contributed by atoms with E-state index in [1.54, 1.807) is 6.07 Å². The molecule has 4 heteroatoms. The van der Waals surface area contributed by atoms with Crippen LogP contribution in [0, 0.1) is 11.7 Å². The predicted molar refractivity (Wildman–Crippen MR) is 68.8 cm³/mol. The Bertz CT molecular complexity index is 382. The first-order valence-corrected chi connectivity index (χ1v) is 6.25. The molecule has 0 saturated heterocycles. The van der Waals surface area contributed by atoms with Crippen LogP contribution in [0.3, 0.4) is 0 Å². The van der Waals surface area contributed by atoms with Crippen molar-refractivity contribution in [3.63, 3.8) is 0 Å². The van der Waals surface area contributed by atoms with E-state index in [2.05, 4.69) is 5.32 Å². The van der Waals surface area contributed by atoms with Gasteiger partial charge < -0.3 is 10.4 Å². The number of benzene rings is 1. The summed E-state index contributed by atoms with van der Waals surface area (Å²) in [7, 11) is 0. The van der Waals surface area contributed by atoms with Crippen molar-refractivity contribution < 1.29 is 14.3 Å². The molecule has 18 heavy (non-hydrogen) atoms. The number of halogens is 1. The summed E-state index contributed by atoms with van der Waals surface area (Å²) in [5.41, 5.74) is 0.924. The van der Waals surface area contributed by atoms with E-state index in [0.29, 0.717) is 18.9 Å².